The molecule has 1 aliphatic heterocycles. The molecule has 148 valence electrons. The molecule has 3 atom stereocenters. The summed E-state index contributed by atoms with van der Waals surface area (Å²) in [5.74, 6) is 1.35. The van der Waals surface area contributed by atoms with Crippen molar-refractivity contribution in [3.05, 3.63) is 94.7 Å². The number of fused-ring (bicyclic) bond motifs is 3. The number of nitrogens with one attached hydrogen (secondary N) is 1. The van der Waals surface area contributed by atoms with Crippen molar-refractivity contribution in [3.8, 4) is 0 Å². The Morgan fingerprint density at radius 3 is 2.69 bits per heavy atom. The van der Waals surface area contributed by atoms with Gasteiger partial charge in [0, 0.05) is 31.5 Å². The fourth-order valence-corrected chi connectivity index (χ4v) is 4.92. The van der Waals surface area contributed by atoms with Crippen molar-refractivity contribution in [2.24, 2.45) is 5.92 Å². The molecule has 1 amide bonds. The molecule has 2 aliphatic rings. The number of halogens is 1. The summed E-state index contributed by atoms with van der Waals surface area (Å²) in [7, 11) is 0. The van der Waals surface area contributed by atoms with E-state index in [4.69, 9.17) is 4.42 Å². The van der Waals surface area contributed by atoms with E-state index in [0.717, 1.165) is 24.4 Å². The molecule has 4 nitrogen and oxygen atoms in total. The van der Waals surface area contributed by atoms with Crippen LogP contribution in [0.15, 0.2) is 65.1 Å². The van der Waals surface area contributed by atoms with E-state index in [1.807, 2.05) is 19.1 Å². The summed E-state index contributed by atoms with van der Waals surface area (Å²) in [6, 6.07) is 18.6. The SMILES string of the molecule is Cc1ccc(C(=O)N[C@@H]2c3ccccc3[C@@H]3CN(Cc4cccc(F)c4)C[C@H]23)o1. The van der Waals surface area contributed by atoms with Gasteiger partial charge < -0.3 is 9.73 Å². The van der Waals surface area contributed by atoms with Crippen LogP contribution in [-0.2, 0) is 6.54 Å². The highest BCUT2D eigenvalue weighted by molar-refractivity contribution is 5.92. The first kappa shape index (κ1) is 18.1. The van der Waals surface area contributed by atoms with Crippen molar-refractivity contribution in [2.75, 3.05) is 13.1 Å². The highest BCUT2D eigenvalue weighted by atomic mass is 19.1. The van der Waals surface area contributed by atoms with Gasteiger partial charge in [-0.3, -0.25) is 9.69 Å². The van der Waals surface area contributed by atoms with Crippen LogP contribution in [0.1, 0.15) is 45.0 Å². The fraction of sp³-hybridized carbons (Fsp3) is 0.292. The van der Waals surface area contributed by atoms with E-state index >= 15 is 0 Å². The number of nitrogens with zero attached hydrogens (tertiary/aromatic N) is 1. The van der Waals surface area contributed by atoms with E-state index in [2.05, 4.69) is 28.4 Å². The minimum Gasteiger partial charge on any atom is -0.456 e. The van der Waals surface area contributed by atoms with Crippen LogP contribution in [0.3, 0.4) is 0 Å². The number of likely N-dealkylation sites (tertiary alicyclic amines) is 1. The Kier molecular flexibility index (Phi) is 4.47. The number of furan rings is 1. The van der Waals surface area contributed by atoms with Gasteiger partial charge in [0.2, 0.25) is 0 Å². The molecule has 0 spiro atoms. The highest BCUT2D eigenvalue weighted by Crippen LogP contribution is 2.49. The lowest BCUT2D eigenvalue weighted by molar-refractivity contribution is 0.0894. The van der Waals surface area contributed by atoms with Gasteiger partial charge in [-0.1, -0.05) is 36.4 Å². The van der Waals surface area contributed by atoms with Crippen LogP contribution in [0.2, 0.25) is 0 Å². The third-order valence-corrected chi connectivity index (χ3v) is 6.15. The van der Waals surface area contributed by atoms with Gasteiger partial charge in [0.05, 0.1) is 6.04 Å². The predicted octanol–water partition coefficient (Wildman–Crippen LogP) is 4.43. The largest absolute Gasteiger partial charge is 0.456 e. The second-order valence-corrected chi connectivity index (χ2v) is 8.08. The number of carbonyl (C=O) groups excluding carboxylic acids is 1. The summed E-state index contributed by atoms with van der Waals surface area (Å²) in [4.78, 5) is 15.1. The first-order valence-electron chi connectivity index (χ1n) is 10.0. The molecular formula is C24H23FN2O2. The number of hydrogen-bond acceptors (Lipinski definition) is 3. The molecule has 3 aromatic rings. The number of aryl methyl sites for hydroxylation is 1. The molecule has 0 radical (unpaired) electrons. The van der Waals surface area contributed by atoms with Crippen molar-refractivity contribution in [1.82, 2.24) is 10.2 Å². The summed E-state index contributed by atoms with van der Waals surface area (Å²) in [6.45, 7) is 4.31. The van der Waals surface area contributed by atoms with Crippen molar-refractivity contribution in [2.45, 2.75) is 25.4 Å². The molecule has 1 aromatic heterocycles. The maximum absolute atomic E-state index is 13.6. The van der Waals surface area contributed by atoms with Crippen LogP contribution in [0.4, 0.5) is 4.39 Å². The van der Waals surface area contributed by atoms with Crippen LogP contribution in [-0.4, -0.2) is 23.9 Å². The Morgan fingerprint density at radius 2 is 1.93 bits per heavy atom. The Morgan fingerprint density at radius 1 is 1.10 bits per heavy atom. The topological polar surface area (TPSA) is 45.5 Å². The second-order valence-electron chi connectivity index (χ2n) is 8.08. The summed E-state index contributed by atoms with van der Waals surface area (Å²) >= 11 is 0. The van der Waals surface area contributed by atoms with Crippen LogP contribution < -0.4 is 5.32 Å². The summed E-state index contributed by atoms with van der Waals surface area (Å²) in [5, 5.41) is 3.21. The van der Waals surface area contributed by atoms with E-state index in [1.165, 1.54) is 17.2 Å². The third kappa shape index (κ3) is 3.36. The van der Waals surface area contributed by atoms with Gasteiger partial charge >= 0.3 is 0 Å². The van der Waals surface area contributed by atoms with Crippen LogP contribution in [0.25, 0.3) is 0 Å². The first-order valence-corrected chi connectivity index (χ1v) is 10.0. The van der Waals surface area contributed by atoms with Gasteiger partial charge in [-0.05, 0) is 47.9 Å². The molecule has 1 fully saturated rings. The van der Waals surface area contributed by atoms with Crippen molar-refractivity contribution in [3.63, 3.8) is 0 Å². The molecule has 29 heavy (non-hydrogen) atoms. The molecule has 0 unspecified atom stereocenters. The van der Waals surface area contributed by atoms with E-state index in [-0.39, 0.29) is 17.8 Å². The van der Waals surface area contributed by atoms with Gasteiger partial charge in [-0.2, -0.15) is 0 Å². The normalized spacial score (nSPS) is 23.0. The number of amides is 1. The van der Waals surface area contributed by atoms with Crippen molar-refractivity contribution >= 4 is 5.91 Å². The second kappa shape index (κ2) is 7.16. The summed E-state index contributed by atoms with van der Waals surface area (Å²) < 4.78 is 19.1. The standard InChI is InChI=1S/C24H23FN2O2/c1-15-9-10-22(29-15)24(28)26-23-19-8-3-2-7-18(19)20-13-27(14-21(20)23)12-16-5-4-6-17(25)11-16/h2-11,20-21,23H,12-14H2,1H3,(H,26,28)/t20-,21-,23+/m0/s1. The van der Waals surface area contributed by atoms with Crippen molar-refractivity contribution in [1.29, 1.82) is 0 Å². The molecule has 0 saturated carbocycles. The lowest BCUT2D eigenvalue weighted by atomic mass is 9.94. The van der Waals surface area contributed by atoms with Crippen LogP contribution >= 0.6 is 0 Å². The number of benzene rings is 2. The highest BCUT2D eigenvalue weighted by Gasteiger charge is 2.46. The first-order chi connectivity index (χ1) is 14.1. The zero-order valence-electron chi connectivity index (χ0n) is 16.3. The van der Waals surface area contributed by atoms with Gasteiger partial charge in [0.25, 0.3) is 5.91 Å². The molecule has 5 heteroatoms. The predicted molar refractivity (Wildman–Crippen MR) is 108 cm³/mol. The Hall–Kier alpha value is -2.92. The molecule has 0 bridgehead atoms. The van der Waals surface area contributed by atoms with E-state index in [1.54, 1.807) is 24.3 Å². The Balaban J connectivity index is 1.38. The van der Waals surface area contributed by atoms with Crippen LogP contribution in [0, 0.1) is 18.7 Å². The fourth-order valence-electron chi connectivity index (χ4n) is 4.92. The Labute approximate surface area is 169 Å². The van der Waals surface area contributed by atoms with Gasteiger partial charge in [0.1, 0.15) is 11.6 Å². The zero-order valence-corrected chi connectivity index (χ0v) is 16.3. The minimum atomic E-state index is -0.203. The molecule has 1 aliphatic carbocycles. The lowest BCUT2D eigenvalue weighted by Gasteiger charge is -2.22. The number of rotatable bonds is 4. The van der Waals surface area contributed by atoms with Gasteiger partial charge in [-0.25, -0.2) is 4.39 Å². The van der Waals surface area contributed by atoms with Gasteiger partial charge in [0.15, 0.2) is 5.76 Å². The maximum Gasteiger partial charge on any atom is 0.287 e. The molecule has 2 heterocycles. The summed E-state index contributed by atoms with van der Waals surface area (Å²) in [6.07, 6.45) is 0. The third-order valence-electron chi connectivity index (χ3n) is 6.15. The number of hydrogen-bond donors (Lipinski definition) is 1. The molecule has 1 N–H and O–H groups in total. The summed E-state index contributed by atoms with van der Waals surface area (Å²) in [5.41, 5.74) is 3.48. The van der Waals surface area contributed by atoms with Gasteiger partial charge in [-0.15, -0.1) is 0 Å². The average molecular weight is 390 g/mol. The minimum absolute atomic E-state index is 0.0494. The Bertz CT molecular complexity index is 1060. The van der Waals surface area contributed by atoms with E-state index < -0.39 is 0 Å². The smallest absolute Gasteiger partial charge is 0.287 e. The monoisotopic (exact) mass is 390 g/mol. The molecule has 5 rings (SSSR count). The van der Waals surface area contributed by atoms with E-state index in [9.17, 15) is 9.18 Å². The zero-order chi connectivity index (χ0) is 20.0. The van der Waals surface area contributed by atoms with E-state index in [0.29, 0.717) is 24.1 Å². The quantitative estimate of drug-likeness (QED) is 0.717. The average Bonchev–Trinajstić information content (AvgIpc) is 3.38. The van der Waals surface area contributed by atoms with Crippen molar-refractivity contribution < 1.29 is 13.6 Å². The number of carbonyl (C=O) groups is 1. The molecular weight excluding hydrogens is 367 g/mol. The molecule has 2 aromatic carbocycles. The molecule has 1 saturated heterocycles. The van der Waals surface area contributed by atoms with Crippen LogP contribution in [0.5, 0.6) is 0 Å². The lowest BCUT2D eigenvalue weighted by Crippen LogP contribution is -2.33. The maximum atomic E-state index is 13.6.